The highest BCUT2D eigenvalue weighted by molar-refractivity contribution is 5.81. The van der Waals surface area contributed by atoms with Gasteiger partial charge in [-0.2, -0.15) is 0 Å². The van der Waals surface area contributed by atoms with Gasteiger partial charge in [-0.1, -0.05) is 36.4 Å². The van der Waals surface area contributed by atoms with Crippen LogP contribution in [0.4, 0.5) is 15.0 Å². The predicted octanol–water partition coefficient (Wildman–Crippen LogP) is 4.92. The van der Waals surface area contributed by atoms with Crippen molar-refractivity contribution < 1.29 is 18.7 Å². The number of methoxy groups -OCH3 is 1. The van der Waals surface area contributed by atoms with Gasteiger partial charge in [-0.15, -0.1) is 0 Å². The lowest BCUT2D eigenvalue weighted by atomic mass is 9.98. The third-order valence-corrected chi connectivity index (χ3v) is 6.14. The van der Waals surface area contributed by atoms with E-state index in [9.17, 15) is 9.18 Å². The van der Waals surface area contributed by atoms with Crippen LogP contribution < -0.4 is 15.8 Å². The topological polar surface area (TPSA) is 117 Å². The fraction of sp³-hybridized carbons (Fsp3) is 0.357. The number of anilines is 1. The first-order chi connectivity index (χ1) is 18.2. The molecule has 200 valence electrons. The van der Waals surface area contributed by atoms with Crippen molar-refractivity contribution in [2.45, 2.75) is 51.9 Å². The van der Waals surface area contributed by atoms with Crippen molar-refractivity contribution >= 4 is 23.1 Å². The fourth-order valence-corrected chi connectivity index (χ4v) is 4.01. The number of aromatic nitrogens is 4. The number of imidazole rings is 1. The summed E-state index contributed by atoms with van der Waals surface area (Å²) >= 11 is 0. The summed E-state index contributed by atoms with van der Waals surface area (Å²) in [5.41, 5.74) is 8.38. The normalized spacial score (nSPS) is 11.5. The zero-order chi connectivity index (χ0) is 27.1. The Balaban J connectivity index is 1.25. The lowest BCUT2D eigenvalue weighted by molar-refractivity contribution is 0.143. The van der Waals surface area contributed by atoms with Gasteiger partial charge in [0.05, 0.1) is 20.0 Å². The minimum Gasteiger partial charge on any atom is -0.497 e. The van der Waals surface area contributed by atoms with E-state index in [0.29, 0.717) is 47.8 Å². The van der Waals surface area contributed by atoms with Crippen LogP contribution in [-0.2, 0) is 29.9 Å². The van der Waals surface area contributed by atoms with Gasteiger partial charge in [0, 0.05) is 19.5 Å². The standard InChI is InChI=1S/C28H33FN6O3/c1-28(2,29)21-8-6-7-20(15-21)17-31-27(36)38-14-5-4-13-35-18-32-24-25(30)33-23(34-26(24)35)16-19-9-11-22(37-3)12-10-19/h6-12,15,18H,4-5,13-14,16-17H2,1-3H3,(H,31,36)(H2,30,33,34). The Bertz CT molecular complexity index is 1380. The molecular weight excluding hydrogens is 487 g/mol. The maximum absolute atomic E-state index is 14.1. The first-order valence-electron chi connectivity index (χ1n) is 12.5. The number of nitrogens with two attached hydrogens (primary N) is 1. The number of unbranched alkanes of at least 4 members (excludes halogenated alkanes) is 1. The van der Waals surface area contributed by atoms with E-state index >= 15 is 0 Å². The minimum atomic E-state index is -1.44. The Morgan fingerprint density at radius 3 is 2.63 bits per heavy atom. The first-order valence-corrected chi connectivity index (χ1v) is 12.5. The summed E-state index contributed by atoms with van der Waals surface area (Å²) in [5, 5.41) is 2.71. The van der Waals surface area contributed by atoms with Gasteiger partial charge < -0.3 is 25.1 Å². The van der Waals surface area contributed by atoms with Gasteiger partial charge in [0.15, 0.2) is 11.5 Å². The number of nitrogen functional groups attached to an aromatic ring is 1. The number of halogens is 1. The quantitative estimate of drug-likeness (QED) is 0.270. The number of amides is 1. The molecule has 0 saturated carbocycles. The molecule has 0 fully saturated rings. The number of alkyl carbamates (subject to hydrolysis) is 1. The van der Waals surface area contributed by atoms with E-state index in [1.807, 2.05) is 34.9 Å². The number of ether oxygens (including phenoxy) is 2. The van der Waals surface area contributed by atoms with Gasteiger partial charge in [0.2, 0.25) is 0 Å². The van der Waals surface area contributed by atoms with E-state index in [1.54, 1.807) is 31.6 Å². The van der Waals surface area contributed by atoms with Crippen LogP contribution in [-0.4, -0.2) is 39.3 Å². The highest BCUT2D eigenvalue weighted by atomic mass is 19.1. The van der Waals surface area contributed by atoms with Gasteiger partial charge in [-0.3, -0.25) is 0 Å². The Morgan fingerprint density at radius 1 is 1.11 bits per heavy atom. The van der Waals surface area contributed by atoms with E-state index in [0.717, 1.165) is 23.3 Å². The van der Waals surface area contributed by atoms with Crippen LogP contribution in [0.15, 0.2) is 54.9 Å². The number of nitrogens with zero attached hydrogens (tertiary/aromatic N) is 4. The van der Waals surface area contributed by atoms with Crippen LogP contribution in [0.1, 0.15) is 49.2 Å². The second kappa shape index (κ2) is 11.9. The van der Waals surface area contributed by atoms with E-state index in [2.05, 4.69) is 15.3 Å². The Hall–Kier alpha value is -4.21. The van der Waals surface area contributed by atoms with E-state index < -0.39 is 11.8 Å². The van der Waals surface area contributed by atoms with Gasteiger partial charge in [-0.25, -0.2) is 24.1 Å². The van der Waals surface area contributed by atoms with Crippen molar-refractivity contribution in [1.29, 1.82) is 0 Å². The monoisotopic (exact) mass is 520 g/mol. The van der Waals surface area contributed by atoms with Crippen LogP contribution in [0.2, 0.25) is 0 Å². The lowest BCUT2D eigenvalue weighted by Crippen LogP contribution is -2.24. The van der Waals surface area contributed by atoms with Crippen LogP contribution in [0.5, 0.6) is 5.75 Å². The molecule has 4 rings (SSSR count). The summed E-state index contributed by atoms with van der Waals surface area (Å²) in [6, 6.07) is 14.8. The number of hydrogen-bond donors (Lipinski definition) is 2. The smallest absolute Gasteiger partial charge is 0.407 e. The molecule has 0 atom stereocenters. The average Bonchev–Trinajstić information content (AvgIpc) is 3.31. The third-order valence-electron chi connectivity index (χ3n) is 6.14. The van der Waals surface area contributed by atoms with Crippen LogP contribution in [0, 0.1) is 0 Å². The minimum absolute atomic E-state index is 0.268. The molecule has 0 unspecified atom stereocenters. The number of hydrogen-bond acceptors (Lipinski definition) is 7. The third kappa shape index (κ3) is 6.96. The van der Waals surface area contributed by atoms with E-state index in [4.69, 9.17) is 20.2 Å². The highest BCUT2D eigenvalue weighted by Crippen LogP contribution is 2.25. The summed E-state index contributed by atoms with van der Waals surface area (Å²) in [6.07, 6.45) is 3.15. The Morgan fingerprint density at radius 2 is 1.89 bits per heavy atom. The number of benzene rings is 2. The predicted molar refractivity (Wildman–Crippen MR) is 144 cm³/mol. The summed E-state index contributed by atoms with van der Waals surface area (Å²) in [4.78, 5) is 25.5. The van der Waals surface area contributed by atoms with Crippen molar-refractivity contribution in [2.75, 3.05) is 19.5 Å². The molecule has 9 nitrogen and oxygen atoms in total. The molecule has 3 N–H and O–H groups in total. The first kappa shape index (κ1) is 26.8. The van der Waals surface area contributed by atoms with Gasteiger partial charge in [-0.05, 0) is 55.5 Å². The maximum atomic E-state index is 14.1. The molecule has 2 aromatic carbocycles. The summed E-state index contributed by atoms with van der Waals surface area (Å²) in [6.45, 7) is 4.19. The molecule has 2 heterocycles. The zero-order valence-corrected chi connectivity index (χ0v) is 21.9. The molecule has 38 heavy (non-hydrogen) atoms. The Kier molecular flexibility index (Phi) is 8.40. The Labute approximate surface area is 221 Å². The highest BCUT2D eigenvalue weighted by Gasteiger charge is 2.18. The molecule has 1 amide bonds. The average molecular weight is 521 g/mol. The maximum Gasteiger partial charge on any atom is 0.407 e. The van der Waals surface area contributed by atoms with Gasteiger partial charge in [0.1, 0.15) is 22.8 Å². The van der Waals surface area contributed by atoms with E-state index in [1.165, 1.54) is 13.8 Å². The SMILES string of the molecule is COc1ccc(Cc2nc(N)c3ncn(CCCCOC(=O)NCc4cccc(C(C)(C)F)c4)c3n2)cc1. The number of carbonyl (C=O) groups excluding carboxylic acids is 1. The van der Waals surface area contributed by atoms with E-state index in [-0.39, 0.29) is 13.2 Å². The van der Waals surface area contributed by atoms with Crippen molar-refractivity contribution in [3.05, 3.63) is 77.4 Å². The van der Waals surface area contributed by atoms with Crippen LogP contribution in [0.25, 0.3) is 11.2 Å². The fourth-order valence-electron chi connectivity index (χ4n) is 4.01. The van der Waals surface area contributed by atoms with Gasteiger partial charge in [0.25, 0.3) is 0 Å². The van der Waals surface area contributed by atoms with Crippen LogP contribution >= 0.6 is 0 Å². The second-order valence-electron chi connectivity index (χ2n) is 9.53. The number of rotatable bonds is 11. The van der Waals surface area contributed by atoms with Crippen molar-refractivity contribution in [3.8, 4) is 5.75 Å². The summed E-state index contributed by atoms with van der Waals surface area (Å²) < 4.78 is 26.6. The summed E-state index contributed by atoms with van der Waals surface area (Å²) in [5.74, 6) is 1.75. The number of carbonyl (C=O) groups is 1. The summed E-state index contributed by atoms with van der Waals surface area (Å²) in [7, 11) is 1.63. The molecule has 0 bridgehead atoms. The molecule has 0 radical (unpaired) electrons. The number of nitrogens with one attached hydrogen (secondary N) is 1. The molecular formula is C28H33FN6O3. The van der Waals surface area contributed by atoms with Gasteiger partial charge >= 0.3 is 6.09 Å². The molecule has 0 aliphatic heterocycles. The van der Waals surface area contributed by atoms with Crippen molar-refractivity contribution in [3.63, 3.8) is 0 Å². The zero-order valence-electron chi connectivity index (χ0n) is 21.9. The molecule has 0 spiro atoms. The number of aryl methyl sites for hydroxylation is 1. The largest absolute Gasteiger partial charge is 0.497 e. The molecule has 4 aromatic rings. The molecule has 0 aliphatic rings. The molecule has 0 saturated heterocycles. The number of alkyl halides is 1. The molecule has 0 aliphatic carbocycles. The lowest BCUT2D eigenvalue weighted by Gasteiger charge is -2.15. The molecule has 2 aromatic heterocycles. The van der Waals surface area contributed by atoms with Crippen LogP contribution in [0.3, 0.4) is 0 Å². The molecule has 10 heteroatoms. The van der Waals surface area contributed by atoms with Crippen molar-refractivity contribution in [1.82, 2.24) is 24.8 Å². The van der Waals surface area contributed by atoms with Crippen molar-refractivity contribution in [2.24, 2.45) is 0 Å². The number of fused-ring (bicyclic) bond motifs is 1. The second-order valence-corrected chi connectivity index (χ2v) is 9.53.